The third-order valence-electron chi connectivity index (χ3n) is 2.22. The molecular weight excluding hydrogens is 130 g/mol. The second-order valence-electron chi connectivity index (χ2n) is 2.72. The lowest BCUT2D eigenvalue weighted by Gasteiger charge is -2.18. The summed E-state index contributed by atoms with van der Waals surface area (Å²) >= 11 is 0. The van der Waals surface area contributed by atoms with Gasteiger partial charge in [-0.15, -0.1) is 0 Å². The van der Waals surface area contributed by atoms with E-state index in [1.807, 2.05) is 14.0 Å². The molecular formula is C7H13NO2. The van der Waals surface area contributed by atoms with Crippen LogP contribution in [0.25, 0.3) is 0 Å². The van der Waals surface area contributed by atoms with Gasteiger partial charge >= 0.3 is 0 Å². The fraction of sp³-hybridized carbons (Fsp3) is 0.857. The molecule has 1 fully saturated rings. The Morgan fingerprint density at radius 2 is 2.30 bits per heavy atom. The summed E-state index contributed by atoms with van der Waals surface area (Å²) in [6.07, 6.45) is 0.631. The molecule has 1 aliphatic rings. The second-order valence-corrected chi connectivity index (χ2v) is 2.72. The van der Waals surface area contributed by atoms with Crippen molar-refractivity contribution in [3.8, 4) is 0 Å². The molecule has 2 unspecified atom stereocenters. The summed E-state index contributed by atoms with van der Waals surface area (Å²) in [5.41, 5.74) is 0. The number of carbonyl (C=O) groups is 1. The number of rotatable bonds is 1. The smallest absolute Gasteiger partial charge is 0.225 e. The summed E-state index contributed by atoms with van der Waals surface area (Å²) in [4.78, 5) is 12.7. The van der Waals surface area contributed by atoms with Crippen LogP contribution in [0.2, 0.25) is 0 Å². The van der Waals surface area contributed by atoms with E-state index in [0.717, 1.165) is 0 Å². The number of amides is 1. The molecule has 3 heteroatoms. The molecule has 0 aliphatic carbocycles. The van der Waals surface area contributed by atoms with E-state index in [4.69, 9.17) is 4.74 Å². The molecule has 1 amide bonds. The Balaban J connectivity index is 2.61. The molecule has 10 heavy (non-hydrogen) atoms. The molecule has 1 saturated heterocycles. The molecule has 1 rings (SSSR count). The molecule has 2 atom stereocenters. The summed E-state index contributed by atoms with van der Waals surface area (Å²) in [5, 5.41) is 0. The average molecular weight is 143 g/mol. The maximum Gasteiger partial charge on any atom is 0.225 e. The van der Waals surface area contributed by atoms with Crippen molar-refractivity contribution < 1.29 is 9.53 Å². The van der Waals surface area contributed by atoms with Gasteiger partial charge in [0.25, 0.3) is 0 Å². The Bertz CT molecular complexity index is 147. The van der Waals surface area contributed by atoms with Crippen LogP contribution in [-0.2, 0) is 9.53 Å². The minimum Gasteiger partial charge on any atom is -0.379 e. The predicted molar refractivity (Wildman–Crippen MR) is 37.6 cm³/mol. The van der Waals surface area contributed by atoms with Gasteiger partial charge in [0, 0.05) is 14.2 Å². The van der Waals surface area contributed by atoms with Crippen LogP contribution in [0.4, 0.5) is 0 Å². The third kappa shape index (κ3) is 1.01. The van der Waals surface area contributed by atoms with Gasteiger partial charge in [0.15, 0.2) is 0 Å². The molecule has 0 aromatic rings. The van der Waals surface area contributed by atoms with Gasteiger partial charge in [0.1, 0.15) is 0 Å². The van der Waals surface area contributed by atoms with Gasteiger partial charge in [-0.1, -0.05) is 0 Å². The first-order valence-corrected chi connectivity index (χ1v) is 3.45. The number of ether oxygens (including phenoxy) is 1. The number of likely N-dealkylation sites (N-methyl/N-ethyl adjacent to an activating group) is 1. The first-order chi connectivity index (χ1) is 4.66. The van der Waals surface area contributed by atoms with Crippen LogP contribution in [-0.4, -0.2) is 37.1 Å². The van der Waals surface area contributed by atoms with Crippen LogP contribution < -0.4 is 0 Å². The number of likely N-dealkylation sites (tertiary alicyclic amines) is 1. The molecule has 0 spiro atoms. The van der Waals surface area contributed by atoms with Crippen LogP contribution in [0.5, 0.6) is 0 Å². The molecule has 1 heterocycles. The number of methoxy groups -OCH3 is 1. The van der Waals surface area contributed by atoms with Crippen LogP contribution in [0.1, 0.15) is 13.3 Å². The van der Waals surface area contributed by atoms with Crippen molar-refractivity contribution in [1.29, 1.82) is 0 Å². The third-order valence-corrected chi connectivity index (χ3v) is 2.22. The van der Waals surface area contributed by atoms with Gasteiger partial charge in [0.05, 0.1) is 18.6 Å². The minimum absolute atomic E-state index is 0.0949. The van der Waals surface area contributed by atoms with Crippen LogP contribution in [0, 0.1) is 0 Å². The van der Waals surface area contributed by atoms with Crippen LogP contribution >= 0.6 is 0 Å². The summed E-state index contributed by atoms with van der Waals surface area (Å²) in [6, 6.07) is 0.234. The van der Waals surface area contributed by atoms with E-state index in [1.165, 1.54) is 0 Å². The van der Waals surface area contributed by atoms with E-state index in [2.05, 4.69) is 0 Å². The van der Waals surface area contributed by atoms with Crippen molar-refractivity contribution in [2.24, 2.45) is 0 Å². The maximum absolute atomic E-state index is 11.0. The lowest BCUT2D eigenvalue weighted by Crippen LogP contribution is -2.31. The molecule has 3 nitrogen and oxygen atoms in total. The number of carbonyl (C=O) groups excluding carboxylic acids is 1. The summed E-state index contributed by atoms with van der Waals surface area (Å²) < 4.78 is 5.10. The van der Waals surface area contributed by atoms with Crippen molar-refractivity contribution in [1.82, 2.24) is 4.90 Å². The highest BCUT2D eigenvalue weighted by atomic mass is 16.5. The van der Waals surface area contributed by atoms with Gasteiger partial charge in [0.2, 0.25) is 5.91 Å². The Morgan fingerprint density at radius 3 is 2.50 bits per heavy atom. The highest BCUT2D eigenvalue weighted by Gasteiger charge is 2.33. The van der Waals surface area contributed by atoms with Crippen molar-refractivity contribution in [3.63, 3.8) is 0 Å². The monoisotopic (exact) mass is 143 g/mol. The molecule has 1 aliphatic heterocycles. The second kappa shape index (κ2) is 2.58. The number of hydrogen-bond acceptors (Lipinski definition) is 2. The van der Waals surface area contributed by atoms with Crippen LogP contribution in [0.3, 0.4) is 0 Å². The largest absolute Gasteiger partial charge is 0.379 e. The zero-order chi connectivity index (χ0) is 7.72. The van der Waals surface area contributed by atoms with Crippen molar-refractivity contribution in [3.05, 3.63) is 0 Å². The van der Waals surface area contributed by atoms with Crippen molar-refractivity contribution >= 4 is 5.91 Å². The van der Waals surface area contributed by atoms with Gasteiger partial charge in [-0.05, 0) is 6.92 Å². The highest BCUT2D eigenvalue weighted by Crippen LogP contribution is 2.18. The maximum atomic E-state index is 11.0. The van der Waals surface area contributed by atoms with Crippen molar-refractivity contribution in [2.45, 2.75) is 25.5 Å². The lowest BCUT2D eigenvalue weighted by atomic mass is 10.2. The zero-order valence-electron chi connectivity index (χ0n) is 6.63. The molecule has 58 valence electrons. The SMILES string of the molecule is COC1CC(=O)N(C)C1C. The van der Waals surface area contributed by atoms with Crippen molar-refractivity contribution in [2.75, 3.05) is 14.2 Å². The van der Waals surface area contributed by atoms with E-state index >= 15 is 0 Å². The fourth-order valence-electron chi connectivity index (χ4n) is 1.24. The highest BCUT2D eigenvalue weighted by molar-refractivity contribution is 5.79. The molecule has 0 bridgehead atoms. The van der Waals surface area contributed by atoms with E-state index < -0.39 is 0 Å². The Labute approximate surface area is 61.0 Å². The molecule has 0 saturated carbocycles. The first kappa shape index (κ1) is 7.54. The van der Waals surface area contributed by atoms with Gasteiger partial charge in [-0.3, -0.25) is 4.79 Å². The summed E-state index contributed by atoms with van der Waals surface area (Å²) in [6.45, 7) is 2.00. The van der Waals surface area contributed by atoms with E-state index in [9.17, 15) is 4.79 Å². The molecule has 0 radical (unpaired) electrons. The molecule has 0 N–H and O–H groups in total. The lowest BCUT2D eigenvalue weighted by molar-refractivity contribution is -0.127. The van der Waals surface area contributed by atoms with Gasteiger partial charge in [-0.2, -0.15) is 0 Å². The summed E-state index contributed by atoms with van der Waals surface area (Å²) in [7, 11) is 3.46. The number of nitrogens with zero attached hydrogens (tertiary/aromatic N) is 1. The van der Waals surface area contributed by atoms with E-state index in [-0.39, 0.29) is 18.1 Å². The first-order valence-electron chi connectivity index (χ1n) is 3.45. The topological polar surface area (TPSA) is 29.5 Å². The van der Waals surface area contributed by atoms with Gasteiger partial charge < -0.3 is 9.64 Å². The minimum atomic E-state index is 0.0949. The summed E-state index contributed by atoms with van der Waals surface area (Å²) in [5.74, 6) is 0.180. The quantitative estimate of drug-likeness (QED) is 0.526. The standard InChI is InChI=1S/C7H13NO2/c1-5-6(10-3)4-7(9)8(5)2/h5-6H,4H2,1-3H3. The van der Waals surface area contributed by atoms with E-state index in [0.29, 0.717) is 6.42 Å². The van der Waals surface area contributed by atoms with E-state index in [1.54, 1.807) is 12.0 Å². The average Bonchev–Trinajstić information content (AvgIpc) is 2.17. The Morgan fingerprint density at radius 1 is 1.70 bits per heavy atom. The molecule has 0 aromatic heterocycles. The Hall–Kier alpha value is -0.570. The van der Waals surface area contributed by atoms with Crippen LogP contribution in [0.15, 0.2) is 0 Å². The fourth-order valence-corrected chi connectivity index (χ4v) is 1.24. The normalized spacial score (nSPS) is 33.5. The molecule has 0 aromatic carbocycles. The predicted octanol–water partition coefficient (Wildman–Crippen LogP) is 0.252. The van der Waals surface area contributed by atoms with Gasteiger partial charge in [-0.25, -0.2) is 0 Å². The number of hydrogen-bond donors (Lipinski definition) is 0. The Kier molecular flexibility index (Phi) is 1.94. The zero-order valence-corrected chi connectivity index (χ0v) is 6.63.